The van der Waals surface area contributed by atoms with Gasteiger partial charge in [-0.15, -0.1) is 0 Å². The molecule has 0 atom stereocenters. The molecule has 4 nitrogen and oxygen atoms in total. The predicted molar refractivity (Wildman–Crippen MR) is 74.9 cm³/mol. The summed E-state index contributed by atoms with van der Waals surface area (Å²) < 4.78 is 40.2. The van der Waals surface area contributed by atoms with E-state index in [1.165, 1.54) is 7.11 Å². The van der Waals surface area contributed by atoms with E-state index in [0.717, 1.165) is 19.3 Å². The van der Waals surface area contributed by atoms with Crippen LogP contribution in [0.15, 0.2) is 18.2 Å². The highest BCUT2D eigenvalue weighted by atomic mass is 19.3. The molecule has 1 N–H and O–H groups in total. The number of halogens is 2. The summed E-state index contributed by atoms with van der Waals surface area (Å²) in [6.07, 6.45) is 3.21. The van der Waals surface area contributed by atoms with Gasteiger partial charge in [-0.3, -0.25) is 0 Å². The van der Waals surface area contributed by atoms with Crippen molar-refractivity contribution < 1.29 is 23.0 Å². The molecular formula is C15H21F2NO3. The molecule has 0 saturated heterocycles. The fourth-order valence-corrected chi connectivity index (χ4v) is 2.53. The van der Waals surface area contributed by atoms with Gasteiger partial charge in [0.05, 0.1) is 12.7 Å². The van der Waals surface area contributed by atoms with Crippen LogP contribution in [0.3, 0.4) is 0 Å². The lowest BCUT2D eigenvalue weighted by Gasteiger charge is -2.40. The van der Waals surface area contributed by atoms with Crippen LogP contribution in [0.2, 0.25) is 0 Å². The second kappa shape index (κ2) is 7.04. The van der Waals surface area contributed by atoms with Crippen LogP contribution in [-0.2, 0) is 11.3 Å². The van der Waals surface area contributed by atoms with E-state index in [-0.39, 0.29) is 11.4 Å². The number of para-hydroxylation sites is 1. The van der Waals surface area contributed by atoms with E-state index in [4.69, 9.17) is 9.47 Å². The van der Waals surface area contributed by atoms with Crippen LogP contribution in [0, 0.1) is 0 Å². The van der Waals surface area contributed by atoms with Crippen molar-refractivity contribution in [1.29, 1.82) is 0 Å². The number of hydrogen-bond donors (Lipinski definition) is 1. The van der Waals surface area contributed by atoms with Gasteiger partial charge in [-0.2, -0.15) is 8.78 Å². The highest BCUT2D eigenvalue weighted by molar-refractivity contribution is 5.46. The Balaban J connectivity index is 2.01. The van der Waals surface area contributed by atoms with Crippen LogP contribution in [-0.4, -0.2) is 33.0 Å². The average molecular weight is 301 g/mol. The Morgan fingerprint density at radius 1 is 1.29 bits per heavy atom. The zero-order valence-corrected chi connectivity index (χ0v) is 12.3. The molecule has 0 spiro atoms. The van der Waals surface area contributed by atoms with Crippen LogP contribution < -0.4 is 14.8 Å². The molecule has 1 aromatic rings. The monoisotopic (exact) mass is 301 g/mol. The van der Waals surface area contributed by atoms with Crippen molar-refractivity contribution in [2.75, 3.05) is 20.8 Å². The molecule has 6 heteroatoms. The lowest BCUT2D eigenvalue weighted by Crippen LogP contribution is -2.47. The first-order valence-electron chi connectivity index (χ1n) is 6.97. The maximum Gasteiger partial charge on any atom is 0.387 e. The zero-order valence-electron chi connectivity index (χ0n) is 12.3. The van der Waals surface area contributed by atoms with Gasteiger partial charge in [0.1, 0.15) is 0 Å². The van der Waals surface area contributed by atoms with Gasteiger partial charge in [0.15, 0.2) is 11.5 Å². The SMILES string of the molecule is COc1cccc(CNCC2(OC)CCC2)c1OC(F)F. The average Bonchev–Trinajstić information content (AvgIpc) is 2.42. The van der Waals surface area contributed by atoms with Crippen molar-refractivity contribution in [2.45, 2.75) is 38.0 Å². The number of rotatable bonds is 8. The fourth-order valence-electron chi connectivity index (χ4n) is 2.53. The van der Waals surface area contributed by atoms with Crippen molar-refractivity contribution in [3.63, 3.8) is 0 Å². The van der Waals surface area contributed by atoms with Gasteiger partial charge >= 0.3 is 6.61 Å². The highest BCUT2D eigenvalue weighted by Crippen LogP contribution is 2.35. The Morgan fingerprint density at radius 2 is 2.05 bits per heavy atom. The smallest absolute Gasteiger partial charge is 0.387 e. The third-order valence-corrected chi connectivity index (χ3v) is 3.95. The third-order valence-electron chi connectivity index (χ3n) is 3.95. The van der Waals surface area contributed by atoms with Gasteiger partial charge in [0, 0.05) is 25.8 Å². The molecule has 1 aliphatic carbocycles. The number of ether oxygens (including phenoxy) is 3. The van der Waals surface area contributed by atoms with Gasteiger partial charge in [-0.25, -0.2) is 0 Å². The molecule has 1 aliphatic rings. The number of hydrogen-bond acceptors (Lipinski definition) is 4. The second-order valence-electron chi connectivity index (χ2n) is 5.17. The summed E-state index contributed by atoms with van der Waals surface area (Å²) in [7, 11) is 3.14. The van der Waals surface area contributed by atoms with E-state index < -0.39 is 6.61 Å². The van der Waals surface area contributed by atoms with Crippen LogP contribution in [0.5, 0.6) is 11.5 Å². The first-order chi connectivity index (χ1) is 10.1. The molecule has 1 aromatic carbocycles. The lowest BCUT2D eigenvalue weighted by molar-refractivity contribution is -0.0698. The first-order valence-corrected chi connectivity index (χ1v) is 6.97. The molecule has 0 aliphatic heterocycles. The van der Waals surface area contributed by atoms with Gasteiger partial charge in [-0.1, -0.05) is 12.1 Å². The van der Waals surface area contributed by atoms with E-state index in [9.17, 15) is 8.78 Å². The molecule has 0 bridgehead atoms. The molecule has 0 unspecified atom stereocenters. The van der Waals surface area contributed by atoms with E-state index in [2.05, 4.69) is 10.1 Å². The van der Waals surface area contributed by atoms with Crippen molar-refractivity contribution in [1.82, 2.24) is 5.32 Å². The predicted octanol–water partition coefficient (Wildman–Crippen LogP) is 2.96. The number of alkyl halides is 2. The Hall–Kier alpha value is -1.40. The topological polar surface area (TPSA) is 39.7 Å². The Kier molecular flexibility index (Phi) is 5.36. The Bertz CT molecular complexity index is 459. The van der Waals surface area contributed by atoms with Gasteiger partial charge in [-0.05, 0) is 25.3 Å². The van der Waals surface area contributed by atoms with Gasteiger partial charge < -0.3 is 19.5 Å². The van der Waals surface area contributed by atoms with E-state index in [1.54, 1.807) is 25.3 Å². The number of benzene rings is 1. The minimum absolute atomic E-state index is 0.0857. The van der Waals surface area contributed by atoms with Gasteiger partial charge in [0.2, 0.25) is 0 Å². The molecule has 21 heavy (non-hydrogen) atoms. The molecule has 2 rings (SSSR count). The minimum atomic E-state index is -2.88. The summed E-state index contributed by atoms with van der Waals surface area (Å²) in [5.74, 6) is 0.391. The number of methoxy groups -OCH3 is 2. The summed E-state index contributed by atoms with van der Waals surface area (Å²) >= 11 is 0. The first kappa shape index (κ1) is 16.0. The minimum Gasteiger partial charge on any atom is -0.493 e. The molecule has 0 radical (unpaired) electrons. The second-order valence-corrected chi connectivity index (χ2v) is 5.17. The van der Waals surface area contributed by atoms with Crippen molar-refractivity contribution in [3.8, 4) is 11.5 Å². The highest BCUT2D eigenvalue weighted by Gasteiger charge is 2.36. The van der Waals surface area contributed by atoms with Crippen LogP contribution >= 0.6 is 0 Å². The van der Waals surface area contributed by atoms with Crippen molar-refractivity contribution >= 4 is 0 Å². The summed E-state index contributed by atoms with van der Waals surface area (Å²) in [5, 5.41) is 3.25. The maximum atomic E-state index is 12.5. The molecule has 1 fully saturated rings. The zero-order chi connectivity index (χ0) is 15.3. The molecule has 0 heterocycles. The van der Waals surface area contributed by atoms with E-state index >= 15 is 0 Å². The lowest BCUT2D eigenvalue weighted by atomic mass is 9.80. The number of nitrogens with one attached hydrogen (secondary N) is 1. The van der Waals surface area contributed by atoms with E-state index in [1.807, 2.05) is 0 Å². The van der Waals surface area contributed by atoms with E-state index in [0.29, 0.717) is 24.4 Å². The van der Waals surface area contributed by atoms with Crippen LogP contribution in [0.4, 0.5) is 8.78 Å². The van der Waals surface area contributed by atoms with Crippen LogP contribution in [0.25, 0.3) is 0 Å². The Labute approximate surface area is 123 Å². The molecule has 118 valence electrons. The largest absolute Gasteiger partial charge is 0.493 e. The van der Waals surface area contributed by atoms with Crippen molar-refractivity contribution in [2.24, 2.45) is 0 Å². The summed E-state index contributed by atoms with van der Waals surface area (Å²) in [4.78, 5) is 0. The van der Waals surface area contributed by atoms with Crippen molar-refractivity contribution in [3.05, 3.63) is 23.8 Å². The summed E-state index contributed by atoms with van der Waals surface area (Å²) in [6.45, 7) is -1.77. The Morgan fingerprint density at radius 3 is 2.57 bits per heavy atom. The molecule has 0 amide bonds. The van der Waals surface area contributed by atoms with Gasteiger partial charge in [0.25, 0.3) is 0 Å². The fraction of sp³-hybridized carbons (Fsp3) is 0.600. The summed E-state index contributed by atoms with van der Waals surface area (Å²) in [6, 6.07) is 5.10. The standard InChI is InChI=1S/C15H21F2NO3/c1-19-12-6-3-5-11(13(12)21-14(16)17)9-18-10-15(20-2)7-4-8-15/h3,5-6,14,18H,4,7-10H2,1-2H3. The van der Waals surface area contributed by atoms with Crippen LogP contribution in [0.1, 0.15) is 24.8 Å². The quantitative estimate of drug-likeness (QED) is 0.801. The summed E-state index contributed by atoms with van der Waals surface area (Å²) in [5.41, 5.74) is 0.531. The molecule has 1 saturated carbocycles. The third kappa shape index (κ3) is 3.83. The maximum absolute atomic E-state index is 12.5. The molecule has 0 aromatic heterocycles. The molecular weight excluding hydrogens is 280 g/mol. The normalized spacial score (nSPS) is 16.6.